The van der Waals surface area contributed by atoms with Crippen LogP contribution >= 0.6 is 0 Å². The maximum atomic E-state index is 12.9. The molecule has 1 fully saturated rings. The van der Waals surface area contributed by atoms with E-state index >= 15 is 0 Å². The molecule has 1 aliphatic rings. The van der Waals surface area contributed by atoms with Gasteiger partial charge in [0, 0.05) is 24.0 Å². The Bertz CT molecular complexity index is 905. The first-order chi connectivity index (χ1) is 14.0. The number of amides is 2. The van der Waals surface area contributed by atoms with Crippen molar-refractivity contribution in [1.29, 1.82) is 0 Å². The Morgan fingerprint density at radius 1 is 1.24 bits per heavy atom. The van der Waals surface area contributed by atoms with Gasteiger partial charge in [-0.05, 0) is 31.4 Å². The molecule has 2 N–H and O–H groups in total. The molecular formula is C22H29N3O4. The summed E-state index contributed by atoms with van der Waals surface area (Å²) in [5, 5.41) is 6.80. The fourth-order valence-electron chi connectivity index (χ4n) is 3.81. The van der Waals surface area contributed by atoms with Crippen molar-refractivity contribution in [2.24, 2.45) is 13.0 Å². The highest BCUT2D eigenvalue weighted by atomic mass is 16.5. The first-order valence-electron chi connectivity index (χ1n) is 10.2. The summed E-state index contributed by atoms with van der Waals surface area (Å²) in [5.41, 5.74) is 1.47. The van der Waals surface area contributed by atoms with Crippen LogP contribution in [0.25, 0.3) is 10.9 Å². The minimum atomic E-state index is -0.639. The Hall–Kier alpha value is -2.83. The molecule has 1 aromatic carbocycles. The molecule has 7 nitrogen and oxygen atoms in total. The minimum absolute atomic E-state index is 0.228. The van der Waals surface area contributed by atoms with Crippen LogP contribution in [0.3, 0.4) is 0 Å². The topological polar surface area (TPSA) is 89.4 Å². The number of nitrogens with one attached hydrogen (secondary N) is 2. The zero-order chi connectivity index (χ0) is 21.0. The fourth-order valence-corrected chi connectivity index (χ4v) is 3.81. The summed E-state index contributed by atoms with van der Waals surface area (Å²) < 4.78 is 6.62. The smallest absolute Gasteiger partial charge is 0.310 e. The number of para-hydroxylation sites is 1. The first kappa shape index (κ1) is 20.9. The highest BCUT2D eigenvalue weighted by Gasteiger charge is 2.39. The van der Waals surface area contributed by atoms with Gasteiger partial charge < -0.3 is 19.9 Å². The number of aromatic nitrogens is 1. The van der Waals surface area contributed by atoms with Crippen LogP contribution in [0, 0.1) is 5.92 Å². The number of ether oxygens (including phenoxy) is 1. The molecular weight excluding hydrogens is 370 g/mol. The van der Waals surface area contributed by atoms with Gasteiger partial charge >= 0.3 is 5.97 Å². The summed E-state index contributed by atoms with van der Waals surface area (Å²) in [7, 11) is 3.20. The zero-order valence-corrected chi connectivity index (χ0v) is 17.2. The predicted octanol–water partition coefficient (Wildman–Crippen LogP) is 2.53. The van der Waals surface area contributed by atoms with Gasteiger partial charge in [0.2, 0.25) is 5.91 Å². The van der Waals surface area contributed by atoms with Crippen LogP contribution in [-0.2, 0) is 21.4 Å². The SMILES string of the molecule is CCCC[C@H](NC(=O)c1cc2ccccc2n1C)C(=O)NC1CCC1C(=O)OC. The van der Waals surface area contributed by atoms with Gasteiger partial charge in [-0.3, -0.25) is 14.4 Å². The summed E-state index contributed by atoms with van der Waals surface area (Å²) >= 11 is 0. The Morgan fingerprint density at radius 2 is 2.00 bits per heavy atom. The zero-order valence-electron chi connectivity index (χ0n) is 17.2. The number of hydrogen-bond donors (Lipinski definition) is 2. The molecule has 1 aromatic heterocycles. The predicted molar refractivity (Wildman–Crippen MR) is 110 cm³/mol. The second kappa shape index (κ2) is 9.11. The van der Waals surface area contributed by atoms with Gasteiger partial charge in [-0.15, -0.1) is 0 Å². The van der Waals surface area contributed by atoms with Crippen molar-refractivity contribution in [2.75, 3.05) is 7.11 Å². The Morgan fingerprint density at radius 3 is 2.62 bits per heavy atom. The van der Waals surface area contributed by atoms with E-state index in [1.165, 1.54) is 7.11 Å². The highest BCUT2D eigenvalue weighted by Crippen LogP contribution is 2.28. The number of rotatable bonds is 8. The normalized spacial score (nSPS) is 19.3. The molecule has 2 unspecified atom stereocenters. The molecule has 29 heavy (non-hydrogen) atoms. The van der Waals surface area contributed by atoms with E-state index in [0.717, 1.165) is 30.2 Å². The molecule has 0 bridgehead atoms. The summed E-state index contributed by atoms with van der Waals surface area (Å²) in [6.07, 6.45) is 3.73. The third kappa shape index (κ3) is 4.44. The van der Waals surface area contributed by atoms with Crippen LogP contribution in [0.4, 0.5) is 0 Å². The number of esters is 1. The lowest BCUT2D eigenvalue weighted by Crippen LogP contribution is -2.55. The molecule has 1 heterocycles. The highest BCUT2D eigenvalue weighted by molar-refractivity contribution is 6.00. The van der Waals surface area contributed by atoms with Gasteiger partial charge in [-0.2, -0.15) is 0 Å². The molecule has 2 amide bonds. The van der Waals surface area contributed by atoms with E-state index in [0.29, 0.717) is 18.5 Å². The third-order valence-corrected chi connectivity index (χ3v) is 5.76. The minimum Gasteiger partial charge on any atom is -0.469 e. The number of benzene rings is 1. The average Bonchev–Trinajstić information content (AvgIpc) is 3.05. The molecule has 156 valence electrons. The molecule has 0 spiro atoms. The quantitative estimate of drug-likeness (QED) is 0.668. The van der Waals surface area contributed by atoms with Crippen molar-refractivity contribution >= 4 is 28.7 Å². The van der Waals surface area contributed by atoms with E-state index in [4.69, 9.17) is 4.74 Å². The van der Waals surface area contributed by atoms with Crippen LogP contribution in [0.5, 0.6) is 0 Å². The number of fused-ring (bicyclic) bond motifs is 1. The first-order valence-corrected chi connectivity index (χ1v) is 10.2. The second-order valence-electron chi connectivity index (χ2n) is 7.64. The Balaban J connectivity index is 1.70. The number of unbranched alkanes of at least 4 members (excludes halogenated alkanes) is 1. The number of hydrogen-bond acceptors (Lipinski definition) is 4. The Labute approximate surface area is 170 Å². The van der Waals surface area contributed by atoms with Crippen LogP contribution in [0.2, 0.25) is 0 Å². The molecule has 3 atom stereocenters. The molecule has 0 saturated heterocycles. The van der Waals surface area contributed by atoms with Gasteiger partial charge in [0.15, 0.2) is 0 Å². The number of aryl methyl sites for hydroxylation is 1. The lowest BCUT2D eigenvalue weighted by Gasteiger charge is -2.35. The molecule has 0 aliphatic heterocycles. The molecule has 2 aromatic rings. The number of carbonyl (C=O) groups is 3. The van der Waals surface area contributed by atoms with E-state index < -0.39 is 6.04 Å². The maximum absolute atomic E-state index is 12.9. The summed E-state index contributed by atoms with van der Waals surface area (Å²) in [5.74, 6) is -1.13. The average molecular weight is 399 g/mol. The monoisotopic (exact) mass is 399 g/mol. The van der Waals surface area contributed by atoms with Crippen molar-refractivity contribution in [3.63, 3.8) is 0 Å². The van der Waals surface area contributed by atoms with Gasteiger partial charge in [0.05, 0.1) is 13.0 Å². The summed E-state index contributed by atoms with van der Waals surface area (Å²) in [6, 6.07) is 8.73. The van der Waals surface area contributed by atoms with Crippen molar-refractivity contribution in [2.45, 2.75) is 51.1 Å². The van der Waals surface area contributed by atoms with E-state index in [9.17, 15) is 14.4 Å². The van der Waals surface area contributed by atoms with Crippen LogP contribution in [-0.4, -0.2) is 41.5 Å². The summed E-state index contributed by atoms with van der Waals surface area (Å²) in [4.78, 5) is 37.5. The molecule has 1 aliphatic carbocycles. The molecule has 0 radical (unpaired) electrons. The molecule has 3 rings (SSSR count). The number of nitrogens with zero attached hydrogens (tertiary/aromatic N) is 1. The van der Waals surface area contributed by atoms with Crippen LogP contribution < -0.4 is 10.6 Å². The lowest BCUT2D eigenvalue weighted by molar-refractivity contribution is -0.150. The van der Waals surface area contributed by atoms with Crippen LogP contribution in [0.15, 0.2) is 30.3 Å². The van der Waals surface area contributed by atoms with E-state index in [1.807, 2.05) is 48.9 Å². The van der Waals surface area contributed by atoms with Crippen molar-refractivity contribution < 1.29 is 19.1 Å². The number of methoxy groups -OCH3 is 1. The molecule has 7 heteroatoms. The van der Waals surface area contributed by atoms with Crippen LogP contribution in [0.1, 0.15) is 49.5 Å². The van der Waals surface area contributed by atoms with E-state index in [-0.39, 0.29) is 29.7 Å². The fraction of sp³-hybridized carbons (Fsp3) is 0.500. The molecule has 1 saturated carbocycles. The summed E-state index contributed by atoms with van der Waals surface area (Å²) in [6.45, 7) is 2.04. The maximum Gasteiger partial charge on any atom is 0.310 e. The van der Waals surface area contributed by atoms with E-state index in [2.05, 4.69) is 10.6 Å². The van der Waals surface area contributed by atoms with Gasteiger partial charge in [-0.1, -0.05) is 38.0 Å². The van der Waals surface area contributed by atoms with E-state index in [1.54, 1.807) is 0 Å². The van der Waals surface area contributed by atoms with Crippen molar-refractivity contribution in [3.8, 4) is 0 Å². The standard InChI is InChI=1S/C22H29N3O4/c1-4-5-9-17(20(26)23-16-12-11-15(16)22(28)29-3)24-21(27)19-13-14-8-6-7-10-18(14)25(19)2/h6-8,10,13,15-17H,4-5,9,11-12H2,1-3H3,(H,23,26)(H,24,27)/t15?,16?,17-/m0/s1. The lowest BCUT2D eigenvalue weighted by atomic mass is 9.79. The largest absolute Gasteiger partial charge is 0.469 e. The Kier molecular flexibility index (Phi) is 6.56. The van der Waals surface area contributed by atoms with Gasteiger partial charge in [0.25, 0.3) is 5.91 Å². The second-order valence-corrected chi connectivity index (χ2v) is 7.64. The third-order valence-electron chi connectivity index (χ3n) is 5.76. The van der Waals surface area contributed by atoms with Crippen molar-refractivity contribution in [3.05, 3.63) is 36.0 Å². The van der Waals surface area contributed by atoms with Gasteiger partial charge in [-0.25, -0.2) is 0 Å². The van der Waals surface area contributed by atoms with Crippen molar-refractivity contribution in [1.82, 2.24) is 15.2 Å². The van der Waals surface area contributed by atoms with Gasteiger partial charge in [0.1, 0.15) is 11.7 Å². The number of carbonyl (C=O) groups excluding carboxylic acids is 3.